The Balaban J connectivity index is 1.00. The van der Waals surface area contributed by atoms with Gasteiger partial charge in [-0.25, -0.2) is 4.79 Å². The van der Waals surface area contributed by atoms with Crippen molar-refractivity contribution in [2.75, 3.05) is 52.9 Å². The minimum absolute atomic E-state index is 0.829. The third kappa shape index (κ3) is 21.4. The molecule has 9 heterocycles. The fraction of sp³-hybridized carbons (Fsp3) is 0.923. The first kappa shape index (κ1) is 96.5. The summed E-state index contributed by atoms with van der Waals surface area (Å²) in [7, 11) is 0. The average molecular weight is 1710 g/mol. The zero-order valence-electron chi connectivity index (χ0n) is 63.0. The number of aliphatic carboxylic acids is 1. The number of ether oxygens (including phenoxy) is 17. The molecule has 0 unspecified atom stereocenters. The normalized spacial score (nSPS) is 47.9. The van der Waals surface area contributed by atoms with Gasteiger partial charge in [0.25, 0.3) is 5.79 Å². The van der Waals surface area contributed by atoms with Gasteiger partial charge >= 0.3 is 5.97 Å². The molecule has 4 amide bonds. The van der Waals surface area contributed by atoms with Gasteiger partial charge in [-0.05, 0) is 6.92 Å². The summed E-state index contributed by atoms with van der Waals surface area (Å²) >= 11 is 0. The van der Waals surface area contributed by atoms with E-state index in [4.69, 9.17) is 80.5 Å². The first-order valence-electron chi connectivity index (χ1n) is 37.1. The monoisotopic (exact) mass is 1710 g/mol. The molecule has 52 heteroatoms. The number of hydrogen-bond acceptors (Lipinski definition) is 47. The lowest BCUT2D eigenvalue weighted by Crippen LogP contribution is -2.71. The maximum Gasteiger partial charge on any atom is 0.364 e. The van der Waals surface area contributed by atoms with Gasteiger partial charge in [0, 0.05) is 34.1 Å². The van der Waals surface area contributed by atoms with Crippen molar-refractivity contribution in [1.82, 2.24) is 21.3 Å². The van der Waals surface area contributed by atoms with Crippen molar-refractivity contribution in [2.45, 2.75) is 323 Å². The lowest BCUT2D eigenvalue weighted by atomic mass is 9.88. The smallest absolute Gasteiger partial charge is 0.364 e. The molecule has 9 fully saturated rings. The number of carboxylic acid groups (broad SMARTS) is 1. The fourth-order valence-electron chi connectivity index (χ4n) is 15.0. The Morgan fingerprint density at radius 1 is 0.368 bits per heavy atom. The second kappa shape index (κ2) is 41.4. The number of carbonyl (C=O) groups excluding carboxylic acids is 4. The van der Waals surface area contributed by atoms with Gasteiger partial charge in [-0.15, -0.1) is 0 Å². The highest BCUT2D eigenvalue weighted by molar-refractivity contribution is 5.77. The molecule has 9 aliphatic heterocycles. The molecule has 30 N–H and O–H groups in total. The first-order valence-corrected chi connectivity index (χ1v) is 37.1. The maximum atomic E-state index is 13.2. The van der Waals surface area contributed by atoms with E-state index in [2.05, 4.69) is 21.3 Å². The van der Waals surface area contributed by atoms with Gasteiger partial charge in [-0.1, -0.05) is 0 Å². The number of carboxylic acids is 1. The highest BCUT2D eigenvalue weighted by atomic mass is 16.8. The summed E-state index contributed by atoms with van der Waals surface area (Å²) < 4.78 is 99.9. The van der Waals surface area contributed by atoms with E-state index in [9.17, 15) is 157 Å². The molecule has 9 rings (SSSR count). The van der Waals surface area contributed by atoms with E-state index in [-0.39, 0.29) is 0 Å². The average Bonchev–Trinajstić information content (AvgIpc) is 0.756. The molecule has 0 spiro atoms. The molecule has 0 radical (unpaired) electrons. The number of aliphatic hydroxyl groups is 25. The Morgan fingerprint density at radius 2 is 0.744 bits per heavy atom. The van der Waals surface area contributed by atoms with Gasteiger partial charge in [0.2, 0.25) is 23.6 Å². The van der Waals surface area contributed by atoms with E-state index >= 15 is 0 Å². The van der Waals surface area contributed by atoms with E-state index in [0.29, 0.717) is 0 Å². The summed E-state index contributed by atoms with van der Waals surface area (Å²) in [6.07, 6.45) is -88.0. The molecule has 0 aromatic heterocycles. The number of nitrogens with one attached hydrogen (secondary N) is 4. The predicted molar refractivity (Wildman–Crippen MR) is 359 cm³/mol. The molecule has 676 valence electrons. The van der Waals surface area contributed by atoms with Crippen LogP contribution in [0.25, 0.3) is 0 Å². The molecule has 0 aliphatic carbocycles. The fourth-order valence-corrected chi connectivity index (χ4v) is 15.0. The maximum absolute atomic E-state index is 13.2. The van der Waals surface area contributed by atoms with Gasteiger partial charge in [-0.2, -0.15) is 0 Å². The van der Waals surface area contributed by atoms with Crippen molar-refractivity contribution in [3.63, 3.8) is 0 Å². The summed E-state index contributed by atoms with van der Waals surface area (Å²) in [5, 5.41) is 298. The van der Waals surface area contributed by atoms with Gasteiger partial charge in [-0.3, -0.25) is 19.2 Å². The SMILES string of the molecule is CC(=O)N[C@@H]1[C@@H](O)[C@H](O[C@@H]2O[C@H](CO)[C@@H](O[C@@H]3O[C@H](CO[C@H]4O[C@H](CO)[C@@H](O)[C@H](O)[C@@H]4O)[C@@H](O)[C@H](O[C@H]4O[C@H](CO)[C@@H](O)[C@H](O)[C@@H]4O[C@@H]4O[C@H](CO)[C@@H](O[C@@H]5O[C@H](CO)[C@H](O)[C@H](O[C@]6(C(=O)O)C[C@H](O)[C@@H](NC(C)=O)[C@H]([C@H](O)[C@H](O)CO)O6)[C@H]5O)[C@H](O)[C@H]4NC(C)=O)[C@@H]3O)[C@H](O)[C@H]2NC(C)=O)[C@@H](CO[C@@H]2O[C@H](C)[C@H](O)[C@H](O)[C@H]2O)O[C@H]1O. The third-order valence-electron chi connectivity index (χ3n) is 21.3. The molecule has 0 saturated carbocycles. The van der Waals surface area contributed by atoms with Crippen LogP contribution in [0.1, 0.15) is 41.0 Å². The van der Waals surface area contributed by atoms with E-state index in [1.54, 1.807) is 0 Å². The molecule has 0 bridgehead atoms. The largest absolute Gasteiger partial charge is 0.477 e. The van der Waals surface area contributed by atoms with Crippen LogP contribution in [0, 0.1) is 0 Å². The summed E-state index contributed by atoms with van der Waals surface area (Å²) in [6.45, 7) is -3.95. The summed E-state index contributed by atoms with van der Waals surface area (Å²) in [5.41, 5.74) is 0. The van der Waals surface area contributed by atoms with Crippen molar-refractivity contribution >= 4 is 29.6 Å². The van der Waals surface area contributed by atoms with Crippen LogP contribution in [0.4, 0.5) is 0 Å². The Morgan fingerprint density at radius 3 is 1.24 bits per heavy atom. The van der Waals surface area contributed by atoms with Gasteiger partial charge in [0.05, 0.1) is 71.1 Å². The number of rotatable bonds is 31. The molecular weight excluding hydrogens is 1600 g/mol. The van der Waals surface area contributed by atoms with Crippen LogP contribution >= 0.6 is 0 Å². The van der Waals surface area contributed by atoms with Gasteiger partial charge in [0.1, 0.15) is 207 Å². The Kier molecular flexibility index (Phi) is 34.2. The van der Waals surface area contributed by atoms with Crippen LogP contribution in [0.5, 0.6) is 0 Å². The second-order valence-corrected chi connectivity index (χ2v) is 29.6. The predicted octanol–water partition coefficient (Wildman–Crippen LogP) is -19.8. The van der Waals surface area contributed by atoms with E-state index < -0.39 is 371 Å². The molecular formula is C65H108N4O48. The van der Waals surface area contributed by atoms with Gasteiger partial charge in [0.15, 0.2) is 50.3 Å². The van der Waals surface area contributed by atoms with E-state index in [0.717, 1.165) is 27.7 Å². The van der Waals surface area contributed by atoms with Crippen LogP contribution < -0.4 is 21.3 Å². The number of hydrogen-bond donors (Lipinski definition) is 30. The van der Waals surface area contributed by atoms with Gasteiger partial charge < -0.3 is 235 Å². The molecule has 117 heavy (non-hydrogen) atoms. The topological polar surface area (TPSA) is 816 Å². The van der Waals surface area contributed by atoms with Crippen LogP contribution in [-0.2, 0) is 104 Å². The minimum atomic E-state index is -3.30. The van der Waals surface area contributed by atoms with Crippen molar-refractivity contribution in [2.24, 2.45) is 0 Å². The standard InChI is InChI=1S/C65H108N4O48/c1-15-33(82)42(91)45(94)59(103-15)102-14-28-51(39(88)30(56(98)104-28)67-17(3)77)111-57-31(68-18(4)78)40(89)49(25(11-74)108-57)112-61-47(96)53(38(87)27(110-61)13-101-60-46(95)43(92)35(84)22(8-71)105-60)114-63-55(44(93)36(85)23(9-72)107-63)115-58-32(69-19(5)79)41(90)50(26(12-75)109-58)113-62-48(97)54(37(86)24(10-73)106-62)117-65(64(99)100)6-20(80)29(66-16(2)76)52(116-65)34(83)21(81)7-70/h15,20-63,70-75,80-98H,6-14H2,1-5H3,(H,66,76)(H,67,77)(H,68,78)(H,69,79)(H,99,100)/t15-,20+,21-,22-,23-,24-,25-,26-,27-,28-,29-,30-,31-,32-,33+,34-,35-,36-,37+,38-,39-,40-,41-,42+,43+,44+,45-,46+,47+,48-,49-,50-,51-,52-,53+,54+,55+,56-,57+,58+,59-,60+,61+,62+,63-,65+/m1/s1. The van der Waals surface area contributed by atoms with Crippen LogP contribution in [0.3, 0.4) is 0 Å². The quantitative estimate of drug-likeness (QED) is 0.0306. The van der Waals surface area contributed by atoms with Crippen LogP contribution in [-0.4, -0.2) is 497 Å². The molecule has 46 atom stereocenters. The molecule has 9 saturated heterocycles. The van der Waals surface area contributed by atoms with Crippen molar-refractivity contribution in [3.05, 3.63) is 0 Å². The molecule has 0 aromatic rings. The Hall–Kier alpha value is -4.33. The molecule has 52 nitrogen and oxygen atoms in total. The summed E-state index contributed by atoms with van der Waals surface area (Å²) in [4.78, 5) is 64.1. The highest BCUT2D eigenvalue weighted by Crippen LogP contribution is 2.42. The summed E-state index contributed by atoms with van der Waals surface area (Å²) in [6, 6.07) is -7.54. The number of carbonyl (C=O) groups is 5. The Labute approximate surface area is 662 Å². The highest BCUT2D eigenvalue weighted by Gasteiger charge is 2.63. The number of aliphatic hydroxyl groups excluding tert-OH is 25. The lowest BCUT2D eigenvalue weighted by molar-refractivity contribution is -0.400. The van der Waals surface area contributed by atoms with Crippen molar-refractivity contribution < 1.29 is 237 Å². The second-order valence-electron chi connectivity index (χ2n) is 29.6. The van der Waals surface area contributed by atoms with Crippen molar-refractivity contribution in [3.8, 4) is 0 Å². The van der Waals surface area contributed by atoms with Crippen LogP contribution in [0.15, 0.2) is 0 Å². The zero-order valence-corrected chi connectivity index (χ0v) is 63.0. The Bertz CT molecular complexity index is 3190. The van der Waals surface area contributed by atoms with E-state index in [1.165, 1.54) is 6.92 Å². The van der Waals surface area contributed by atoms with E-state index in [1.807, 2.05) is 0 Å². The lowest BCUT2D eigenvalue weighted by Gasteiger charge is -2.51. The number of amides is 4. The van der Waals surface area contributed by atoms with Crippen LogP contribution in [0.2, 0.25) is 0 Å². The molecule has 9 aliphatic rings. The minimum Gasteiger partial charge on any atom is -0.477 e. The zero-order chi connectivity index (χ0) is 86.6. The summed E-state index contributed by atoms with van der Waals surface area (Å²) in [5.74, 6) is -9.15. The van der Waals surface area contributed by atoms with Crippen molar-refractivity contribution in [1.29, 1.82) is 0 Å². The third-order valence-corrected chi connectivity index (χ3v) is 21.3. The molecule has 0 aromatic carbocycles. The first-order chi connectivity index (χ1) is 55.1.